The Balaban J connectivity index is 2.09. The molecule has 2 aromatic rings. The van der Waals surface area contributed by atoms with Crippen LogP contribution in [0.1, 0.15) is 24.2 Å². The van der Waals surface area contributed by atoms with Gasteiger partial charge in [-0.25, -0.2) is 4.39 Å². The van der Waals surface area contributed by atoms with E-state index in [0.29, 0.717) is 5.56 Å². The molecule has 0 heterocycles. The predicted octanol–water partition coefficient (Wildman–Crippen LogP) is 4.05. The number of hydrogen-bond acceptors (Lipinski definition) is 2. The molecule has 0 amide bonds. The van der Waals surface area contributed by atoms with E-state index < -0.39 is 24.5 Å². The van der Waals surface area contributed by atoms with E-state index in [4.69, 9.17) is 4.74 Å². The Morgan fingerprint density at radius 1 is 1.14 bits per heavy atom. The number of hydrogen-bond donors (Lipinski definition) is 1. The van der Waals surface area contributed by atoms with E-state index in [2.05, 4.69) is 0 Å². The van der Waals surface area contributed by atoms with Crippen molar-refractivity contribution in [2.45, 2.75) is 19.0 Å². The van der Waals surface area contributed by atoms with Gasteiger partial charge in [0.1, 0.15) is 0 Å². The fourth-order valence-corrected chi connectivity index (χ4v) is 1.83. The second-order valence-corrected chi connectivity index (χ2v) is 4.72. The van der Waals surface area contributed by atoms with Gasteiger partial charge in [0.05, 0.1) is 6.10 Å². The highest BCUT2D eigenvalue weighted by molar-refractivity contribution is 5.30. The molecule has 0 aliphatic rings. The van der Waals surface area contributed by atoms with E-state index in [1.807, 2.05) is 0 Å². The topological polar surface area (TPSA) is 29.5 Å². The first kappa shape index (κ1) is 15.4. The van der Waals surface area contributed by atoms with Crippen LogP contribution in [0.25, 0.3) is 0 Å². The Morgan fingerprint density at radius 2 is 1.81 bits per heavy atom. The number of rotatable bonds is 5. The summed E-state index contributed by atoms with van der Waals surface area (Å²) in [6, 6.07) is 11.0. The van der Waals surface area contributed by atoms with Gasteiger partial charge in [-0.1, -0.05) is 36.4 Å². The summed E-state index contributed by atoms with van der Waals surface area (Å²) in [4.78, 5) is 0. The molecule has 1 N–H and O–H groups in total. The molecular weight excluding hydrogens is 281 g/mol. The van der Waals surface area contributed by atoms with Crippen LogP contribution in [0.2, 0.25) is 0 Å². The van der Waals surface area contributed by atoms with Crippen LogP contribution < -0.4 is 4.74 Å². The quantitative estimate of drug-likeness (QED) is 0.902. The van der Waals surface area contributed by atoms with Crippen molar-refractivity contribution in [3.8, 4) is 5.75 Å². The Labute approximate surface area is 120 Å². The second kappa shape index (κ2) is 6.18. The number of aliphatic hydroxyl groups excluding tert-OH is 1. The van der Waals surface area contributed by atoms with Crippen molar-refractivity contribution in [1.29, 1.82) is 0 Å². The summed E-state index contributed by atoms with van der Waals surface area (Å²) in [5.74, 6) is -4.26. The minimum absolute atomic E-state index is 0.189. The summed E-state index contributed by atoms with van der Waals surface area (Å²) >= 11 is 0. The third kappa shape index (κ3) is 3.76. The van der Waals surface area contributed by atoms with Crippen molar-refractivity contribution in [3.63, 3.8) is 0 Å². The van der Waals surface area contributed by atoms with Crippen LogP contribution in [-0.2, 0) is 5.92 Å². The molecule has 0 unspecified atom stereocenters. The third-order valence-electron chi connectivity index (χ3n) is 3.04. The van der Waals surface area contributed by atoms with Crippen molar-refractivity contribution in [2.75, 3.05) is 6.61 Å². The highest BCUT2D eigenvalue weighted by Gasteiger charge is 2.32. The largest absolute Gasteiger partial charge is 0.484 e. The number of halogens is 3. The molecule has 112 valence electrons. The van der Waals surface area contributed by atoms with E-state index in [-0.39, 0.29) is 11.3 Å². The maximum absolute atomic E-state index is 13.9. The van der Waals surface area contributed by atoms with E-state index >= 15 is 0 Å². The smallest absolute Gasteiger partial charge is 0.306 e. The Kier molecular flexibility index (Phi) is 4.53. The molecule has 0 fully saturated rings. The van der Waals surface area contributed by atoms with Crippen LogP contribution in [0, 0.1) is 5.82 Å². The van der Waals surface area contributed by atoms with Gasteiger partial charge in [-0.05, 0) is 24.6 Å². The van der Waals surface area contributed by atoms with Crippen molar-refractivity contribution >= 4 is 0 Å². The minimum Gasteiger partial charge on any atom is -0.484 e. The van der Waals surface area contributed by atoms with Crippen LogP contribution in [0.3, 0.4) is 0 Å². The van der Waals surface area contributed by atoms with Crippen molar-refractivity contribution in [1.82, 2.24) is 0 Å². The number of aliphatic hydroxyl groups is 1. The fourth-order valence-electron chi connectivity index (χ4n) is 1.83. The maximum Gasteiger partial charge on any atom is 0.306 e. The second-order valence-electron chi connectivity index (χ2n) is 4.72. The molecule has 0 aliphatic carbocycles. The van der Waals surface area contributed by atoms with Gasteiger partial charge >= 0.3 is 5.92 Å². The molecule has 5 heteroatoms. The van der Waals surface area contributed by atoms with Gasteiger partial charge in [0.25, 0.3) is 0 Å². The molecule has 0 aromatic heterocycles. The first-order valence-electron chi connectivity index (χ1n) is 6.44. The Hall–Kier alpha value is -2.01. The Morgan fingerprint density at radius 3 is 2.38 bits per heavy atom. The lowest BCUT2D eigenvalue weighted by Crippen LogP contribution is -2.23. The monoisotopic (exact) mass is 296 g/mol. The minimum atomic E-state index is -3.21. The zero-order valence-electron chi connectivity index (χ0n) is 11.4. The molecule has 0 saturated heterocycles. The zero-order chi connectivity index (χ0) is 15.5. The summed E-state index contributed by atoms with van der Waals surface area (Å²) in [6.45, 7) is 0.529. The molecule has 0 bridgehead atoms. The highest BCUT2D eigenvalue weighted by atomic mass is 19.3. The molecule has 2 rings (SSSR count). The summed E-state index contributed by atoms with van der Waals surface area (Å²) in [5.41, 5.74) is 0.167. The highest BCUT2D eigenvalue weighted by Crippen LogP contribution is 2.30. The van der Waals surface area contributed by atoms with Crippen LogP contribution in [0.5, 0.6) is 5.75 Å². The molecule has 0 spiro atoms. The van der Waals surface area contributed by atoms with E-state index in [9.17, 15) is 18.3 Å². The van der Waals surface area contributed by atoms with Crippen LogP contribution in [-0.4, -0.2) is 11.7 Å². The summed E-state index contributed by atoms with van der Waals surface area (Å²) in [7, 11) is 0. The third-order valence-corrected chi connectivity index (χ3v) is 3.04. The maximum atomic E-state index is 13.9. The van der Waals surface area contributed by atoms with Crippen LogP contribution >= 0.6 is 0 Å². The van der Waals surface area contributed by atoms with Crippen LogP contribution in [0.4, 0.5) is 13.2 Å². The summed E-state index contributed by atoms with van der Waals surface area (Å²) in [6.07, 6.45) is -0.834. The molecule has 1 atom stereocenters. The first-order valence-corrected chi connectivity index (χ1v) is 6.44. The van der Waals surface area contributed by atoms with Crippen LogP contribution in [0.15, 0.2) is 48.5 Å². The fraction of sp³-hybridized carbons (Fsp3) is 0.250. The van der Waals surface area contributed by atoms with E-state index in [1.54, 1.807) is 6.07 Å². The normalized spacial score (nSPS) is 13.0. The van der Waals surface area contributed by atoms with Gasteiger partial charge in [-0.15, -0.1) is 0 Å². The summed E-state index contributed by atoms with van der Waals surface area (Å²) < 4.78 is 46.4. The molecule has 0 aliphatic heterocycles. The molecule has 2 aromatic carbocycles. The molecule has 2 nitrogen and oxygen atoms in total. The van der Waals surface area contributed by atoms with Crippen molar-refractivity contribution in [2.24, 2.45) is 0 Å². The zero-order valence-corrected chi connectivity index (χ0v) is 11.4. The van der Waals surface area contributed by atoms with Gasteiger partial charge in [0, 0.05) is 5.56 Å². The number of alkyl halides is 2. The van der Waals surface area contributed by atoms with Gasteiger partial charge in [0.15, 0.2) is 18.2 Å². The van der Waals surface area contributed by atoms with E-state index in [1.165, 1.54) is 43.3 Å². The molecule has 0 radical (unpaired) electrons. The molecular formula is C16H15F3O2. The molecule has 21 heavy (non-hydrogen) atoms. The average Bonchev–Trinajstić information content (AvgIpc) is 2.46. The van der Waals surface area contributed by atoms with Gasteiger partial charge in [-0.2, -0.15) is 8.78 Å². The Bertz CT molecular complexity index is 598. The molecule has 0 saturated carbocycles. The SMILES string of the molecule is C[C@@H](O)c1ccc(OCC(F)(F)c2ccccc2)c(F)c1. The van der Waals surface area contributed by atoms with Crippen molar-refractivity contribution < 1.29 is 23.0 Å². The predicted molar refractivity (Wildman–Crippen MR) is 72.9 cm³/mol. The standard InChI is InChI=1S/C16H15F3O2/c1-11(20)12-7-8-15(14(17)9-12)21-10-16(18,19)13-5-3-2-4-6-13/h2-9,11,20H,10H2,1H3/t11-/m1/s1. The lowest BCUT2D eigenvalue weighted by Gasteiger charge is -2.18. The van der Waals surface area contributed by atoms with Crippen molar-refractivity contribution in [3.05, 3.63) is 65.5 Å². The van der Waals surface area contributed by atoms with Gasteiger partial charge in [-0.3, -0.25) is 0 Å². The number of ether oxygens (including phenoxy) is 1. The number of benzene rings is 2. The lowest BCUT2D eigenvalue weighted by molar-refractivity contribution is -0.0475. The van der Waals surface area contributed by atoms with E-state index in [0.717, 1.165) is 6.07 Å². The van der Waals surface area contributed by atoms with Gasteiger partial charge in [0.2, 0.25) is 0 Å². The lowest BCUT2D eigenvalue weighted by atomic mass is 10.1. The summed E-state index contributed by atoms with van der Waals surface area (Å²) in [5, 5.41) is 9.32. The van der Waals surface area contributed by atoms with Gasteiger partial charge < -0.3 is 9.84 Å². The average molecular weight is 296 g/mol. The first-order chi connectivity index (χ1) is 9.90.